The Morgan fingerprint density at radius 2 is 1.95 bits per heavy atom. The van der Waals surface area contributed by atoms with E-state index in [1.165, 1.54) is 6.92 Å². The van der Waals surface area contributed by atoms with E-state index in [9.17, 15) is 9.59 Å². The van der Waals surface area contributed by atoms with Gasteiger partial charge in [-0.1, -0.05) is 6.07 Å². The molecule has 1 atom stereocenters. The molecule has 1 aliphatic heterocycles. The SMILES string of the molecule is CCOC(=O)[C@H](Cc1ccc2c(c1)OCCO2)C(C)=O. The van der Waals surface area contributed by atoms with Crippen LogP contribution in [0.2, 0.25) is 0 Å². The highest BCUT2D eigenvalue weighted by atomic mass is 16.6. The van der Waals surface area contributed by atoms with Crippen molar-refractivity contribution in [3.8, 4) is 11.5 Å². The Kier molecular flexibility index (Phi) is 4.61. The smallest absolute Gasteiger partial charge is 0.316 e. The molecule has 5 heteroatoms. The fourth-order valence-corrected chi connectivity index (χ4v) is 2.09. The third kappa shape index (κ3) is 3.29. The molecular formula is C15H18O5. The summed E-state index contributed by atoms with van der Waals surface area (Å²) in [6.07, 6.45) is 0.310. The quantitative estimate of drug-likeness (QED) is 0.607. The molecule has 5 nitrogen and oxygen atoms in total. The summed E-state index contributed by atoms with van der Waals surface area (Å²) in [6, 6.07) is 5.44. The number of rotatable bonds is 5. The average molecular weight is 278 g/mol. The van der Waals surface area contributed by atoms with Crippen molar-refractivity contribution in [3.05, 3.63) is 23.8 Å². The average Bonchev–Trinajstić information content (AvgIpc) is 2.44. The number of esters is 1. The lowest BCUT2D eigenvalue weighted by atomic mass is 9.95. The summed E-state index contributed by atoms with van der Waals surface area (Å²) in [5.74, 6) is -0.0962. The maximum Gasteiger partial charge on any atom is 0.316 e. The van der Waals surface area contributed by atoms with Gasteiger partial charge in [0, 0.05) is 0 Å². The highest BCUT2D eigenvalue weighted by molar-refractivity contribution is 5.98. The van der Waals surface area contributed by atoms with E-state index in [1.54, 1.807) is 13.0 Å². The molecule has 1 aromatic carbocycles. The summed E-state index contributed by atoms with van der Waals surface area (Å²) in [4.78, 5) is 23.4. The number of fused-ring (bicyclic) bond motifs is 1. The van der Waals surface area contributed by atoms with Crippen LogP contribution in [-0.2, 0) is 20.7 Å². The molecule has 0 aliphatic carbocycles. The minimum Gasteiger partial charge on any atom is -0.486 e. The van der Waals surface area contributed by atoms with Crippen molar-refractivity contribution in [1.82, 2.24) is 0 Å². The summed E-state index contributed by atoms with van der Waals surface area (Å²) in [5.41, 5.74) is 0.850. The van der Waals surface area contributed by atoms with Crippen molar-refractivity contribution in [1.29, 1.82) is 0 Å². The normalized spacial score (nSPS) is 14.5. The number of ether oxygens (including phenoxy) is 3. The van der Waals surface area contributed by atoms with E-state index in [1.807, 2.05) is 12.1 Å². The molecule has 1 heterocycles. The first-order valence-corrected chi connectivity index (χ1v) is 6.67. The molecule has 0 amide bonds. The molecule has 0 N–H and O–H groups in total. The third-order valence-corrected chi connectivity index (χ3v) is 3.11. The Balaban J connectivity index is 2.14. The second-order valence-corrected chi connectivity index (χ2v) is 4.60. The minimum absolute atomic E-state index is 0.196. The Labute approximate surface area is 117 Å². The molecule has 108 valence electrons. The van der Waals surface area contributed by atoms with E-state index in [0.29, 0.717) is 31.1 Å². The van der Waals surface area contributed by atoms with Crippen LogP contribution in [0.25, 0.3) is 0 Å². The topological polar surface area (TPSA) is 61.8 Å². The number of benzene rings is 1. The molecule has 0 unspecified atom stereocenters. The molecule has 1 aromatic rings. The van der Waals surface area contributed by atoms with Crippen molar-refractivity contribution in [2.24, 2.45) is 5.92 Å². The molecular weight excluding hydrogens is 260 g/mol. The summed E-state index contributed by atoms with van der Waals surface area (Å²) < 4.78 is 15.9. The maximum atomic E-state index is 11.8. The van der Waals surface area contributed by atoms with E-state index in [2.05, 4.69) is 0 Å². The number of hydrogen-bond donors (Lipinski definition) is 0. The second-order valence-electron chi connectivity index (χ2n) is 4.60. The third-order valence-electron chi connectivity index (χ3n) is 3.11. The van der Waals surface area contributed by atoms with Gasteiger partial charge in [0.05, 0.1) is 6.61 Å². The predicted molar refractivity (Wildman–Crippen MR) is 71.9 cm³/mol. The van der Waals surface area contributed by atoms with Gasteiger partial charge in [0.2, 0.25) is 0 Å². The van der Waals surface area contributed by atoms with Gasteiger partial charge >= 0.3 is 5.97 Å². The monoisotopic (exact) mass is 278 g/mol. The van der Waals surface area contributed by atoms with Crippen molar-refractivity contribution in [2.45, 2.75) is 20.3 Å². The van der Waals surface area contributed by atoms with Crippen molar-refractivity contribution < 1.29 is 23.8 Å². The van der Waals surface area contributed by atoms with Gasteiger partial charge in [-0.2, -0.15) is 0 Å². The summed E-state index contributed by atoms with van der Waals surface area (Å²) in [7, 11) is 0. The summed E-state index contributed by atoms with van der Waals surface area (Å²) in [5, 5.41) is 0. The van der Waals surface area contributed by atoms with E-state index < -0.39 is 11.9 Å². The van der Waals surface area contributed by atoms with Crippen molar-refractivity contribution >= 4 is 11.8 Å². The Bertz CT molecular complexity index is 509. The van der Waals surface area contributed by atoms with Crippen LogP contribution in [0.1, 0.15) is 19.4 Å². The van der Waals surface area contributed by atoms with Gasteiger partial charge in [-0.15, -0.1) is 0 Å². The maximum absolute atomic E-state index is 11.8. The zero-order valence-electron chi connectivity index (χ0n) is 11.7. The zero-order chi connectivity index (χ0) is 14.5. The standard InChI is InChI=1S/C15H18O5/c1-3-18-15(17)12(10(2)16)8-11-4-5-13-14(9-11)20-7-6-19-13/h4-5,9,12H,3,6-8H2,1-2H3/t12-/m1/s1. The van der Waals surface area contributed by atoms with Gasteiger partial charge in [-0.05, 0) is 38.0 Å². The minimum atomic E-state index is -0.766. The van der Waals surface area contributed by atoms with E-state index in [4.69, 9.17) is 14.2 Å². The highest BCUT2D eigenvalue weighted by Crippen LogP contribution is 2.31. The predicted octanol–water partition coefficient (Wildman–Crippen LogP) is 1.77. The van der Waals surface area contributed by atoms with Gasteiger partial charge in [0.15, 0.2) is 11.5 Å². The fraction of sp³-hybridized carbons (Fsp3) is 0.467. The number of carbonyl (C=O) groups is 2. The Morgan fingerprint density at radius 1 is 1.25 bits per heavy atom. The van der Waals surface area contributed by atoms with Crippen LogP contribution in [0, 0.1) is 5.92 Å². The molecule has 0 aromatic heterocycles. The van der Waals surface area contributed by atoms with E-state index in [0.717, 1.165) is 5.56 Å². The van der Waals surface area contributed by atoms with Crippen LogP contribution in [0.3, 0.4) is 0 Å². The van der Waals surface area contributed by atoms with Crippen molar-refractivity contribution in [3.63, 3.8) is 0 Å². The van der Waals surface area contributed by atoms with Crippen LogP contribution in [0.5, 0.6) is 11.5 Å². The molecule has 0 saturated carbocycles. The second kappa shape index (κ2) is 6.41. The molecule has 0 saturated heterocycles. The molecule has 0 bridgehead atoms. The van der Waals surface area contributed by atoms with Crippen LogP contribution in [0.4, 0.5) is 0 Å². The first-order chi connectivity index (χ1) is 9.61. The fourth-order valence-electron chi connectivity index (χ4n) is 2.09. The van der Waals surface area contributed by atoms with Crippen molar-refractivity contribution in [2.75, 3.05) is 19.8 Å². The van der Waals surface area contributed by atoms with Crippen LogP contribution < -0.4 is 9.47 Å². The van der Waals surface area contributed by atoms with Gasteiger partial charge in [0.1, 0.15) is 24.9 Å². The molecule has 2 rings (SSSR count). The number of ketones is 1. The molecule has 20 heavy (non-hydrogen) atoms. The molecule has 0 radical (unpaired) electrons. The largest absolute Gasteiger partial charge is 0.486 e. The highest BCUT2D eigenvalue weighted by Gasteiger charge is 2.25. The lowest BCUT2D eigenvalue weighted by molar-refractivity contribution is -0.151. The Hall–Kier alpha value is -2.04. The summed E-state index contributed by atoms with van der Waals surface area (Å²) in [6.45, 7) is 4.43. The molecule has 0 fully saturated rings. The van der Waals surface area contributed by atoms with E-state index in [-0.39, 0.29) is 12.4 Å². The first-order valence-electron chi connectivity index (χ1n) is 6.67. The lowest BCUT2D eigenvalue weighted by Gasteiger charge is -2.19. The first kappa shape index (κ1) is 14.4. The van der Waals surface area contributed by atoms with Crippen LogP contribution in [0.15, 0.2) is 18.2 Å². The van der Waals surface area contributed by atoms with Crippen LogP contribution in [-0.4, -0.2) is 31.6 Å². The molecule has 0 spiro atoms. The van der Waals surface area contributed by atoms with Gasteiger partial charge in [-0.25, -0.2) is 0 Å². The Morgan fingerprint density at radius 3 is 2.60 bits per heavy atom. The van der Waals surface area contributed by atoms with Gasteiger partial charge < -0.3 is 14.2 Å². The zero-order valence-corrected chi connectivity index (χ0v) is 11.7. The van der Waals surface area contributed by atoms with E-state index >= 15 is 0 Å². The van der Waals surface area contributed by atoms with Crippen LogP contribution >= 0.6 is 0 Å². The number of hydrogen-bond acceptors (Lipinski definition) is 5. The van der Waals surface area contributed by atoms with Gasteiger partial charge in [0.25, 0.3) is 0 Å². The summed E-state index contributed by atoms with van der Waals surface area (Å²) >= 11 is 0. The number of Topliss-reactive ketones (excluding diaryl/α,β-unsaturated/α-hetero) is 1. The van der Waals surface area contributed by atoms with Gasteiger partial charge in [-0.3, -0.25) is 9.59 Å². The number of carbonyl (C=O) groups excluding carboxylic acids is 2. The molecule has 1 aliphatic rings. The lowest BCUT2D eigenvalue weighted by Crippen LogP contribution is -2.26.